The van der Waals surface area contributed by atoms with Gasteiger partial charge >= 0.3 is 0 Å². The van der Waals surface area contributed by atoms with Gasteiger partial charge in [0.05, 0.1) is 6.54 Å². The van der Waals surface area contributed by atoms with Crippen LogP contribution in [0, 0.1) is 5.82 Å². The van der Waals surface area contributed by atoms with Crippen LogP contribution in [-0.4, -0.2) is 21.4 Å². The van der Waals surface area contributed by atoms with Gasteiger partial charge in [-0.05, 0) is 24.3 Å². The first-order chi connectivity index (χ1) is 7.28. The number of anilines is 1. The van der Waals surface area contributed by atoms with Gasteiger partial charge in [0.2, 0.25) is 0 Å². The zero-order chi connectivity index (χ0) is 10.7. The minimum Gasteiger partial charge on any atom is -0.335 e. The molecule has 0 spiro atoms. The minimum atomic E-state index is -0.216. The van der Waals surface area contributed by atoms with E-state index >= 15 is 0 Å². The van der Waals surface area contributed by atoms with Crippen LogP contribution in [0.5, 0.6) is 0 Å². The Labute approximate surface area is 106 Å². The van der Waals surface area contributed by atoms with Gasteiger partial charge in [-0.1, -0.05) is 34.4 Å². The molecule has 1 N–H and O–H groups in total. The van der Waals surface area contributed by atoms with Crippen LogP contribution in [0.25, 0.3) is 0 Å². The summed E-state index contributed by atoms with van der Waals surface area (Å²) in [5.74, 6) is -0.216. The summed E-state index contributed by atoms with van der Waals surface area (Å²) >= 11 is 4.11. The van der Waals surface area contributed by atoms with E-state index in [0.29, 0.717) is 5.25 Å². The molecule has 0 fully saturated rings. The lowest BCUT2D eigenvalue weighted by atomic mass is 10.3. The number of rotatable bonds is 2. The number of nitrogens with one attached hydrogen (secondary N) is 1. The first-order valence-corrected chi connectivity index (χ1v) is 6.98. The molecular weight excluding hydrogens is 326 g/mol. The molecule has 0 amide bonds. The number of amidine groups is 1. The molecule has 2 nitrogen and oxygen atoms in total. The average Bonchev–Trinajstić information content (AvgIpc) is 2.69. The summed E-state index contributed by atoms with van der Waals surface area (Å²) in [5, 5.41) is 4.69. The summed E-state index contributed by atoms with van der Waals surface area (Å²) in [6, 6.07) is 6.32. The fourth-order valence-electron chi connectivity index (χ4n) is 1.22. The smallest absolute Gasteiger partial charge is 0.161 e. The highest BCUT2D eigenvalue weighted by Gasteiger charge is 2.18. The second-order valence-corrected chi connectivity index (χ2v) is 5.34. The molecule has 1 aliphatic heterocycles. The van der Waals surface area contributed by atoms with Gasteiger partial charge in [-0.2, -0.15) is 0 Å². The monoisotopic (exact) mass is 336 g/mol. The number of nitrogens with zero attached hydrogens (tertiary/aromatic N) is 1. The van der Waals surface area contributed by atoms with Gasteiger partial charge in [0.25, 0.3) is 0 Å². The Morgan fingerprint density at radius 2 is 2.20 bits per heavy atom. The third-order valence-corrected chi connectivity index (χ3v) is 4.75. The fraction of sp³-hybridized carbons (Fsp3) is 0.300. The van der Waals surface area contributed by atoms with Crippen molar-refractivity contribution in [3.05, 3.63) is 30.1 Å². The van der Waals surface area contributed by atoms with Crippen molar-refractivity contribution in [3.63, 3.8) is 0 Å². The number of thioether (sulfide) groups is 1. The molecule has 5 heteroatoms. The van der Waals surface area contributed by atoms with Crippen LogP contribution in [0.2, 0.25) is 0 Å². The van der Waals surface area contributed by atoms with Crippen molar-refractivity contribution in [1.82, 2.24) is 0 Å². The van der Waals surface area contributed by atoms with Crippen LogP contribution < -0.4 is 5.32 Å². The molecule has 0 saturated carbocycles. The molecule has 1 aromatic rings. The largest absolute Gasteiger partial charge is 0.335 e. The van der Waals surface area contributed by atoms with E-state index in [1.165, 1.54) is 12.1 Å². The van der Waals surface area contributed by atoms with Crippen LogP contribution in [0.4, 0.5) is 10.1 Å². The zero-order valence-electron chi connectivity index (χ0n) is 7.91. The molecule has 0 saturated heterocycles. The van der Waals surface area contributed by atoms with E-state index in [2.05, 4.69) is 32.9 Å². The minimum absolute atomic E-state index is 0.216. The van der Waals surface area contributed by atoms with Crippen LogP contribution in [0.3, 0.4) is 0 Å². The van der Waals surface area contributed by atoms with E-state index in [-0.39, 0.29) is 5.82 Å². The van der Waals surface area contributed by atoms with E-state index < -0.39 is 0 Å². The first kappa shape index (κ1) is 11.2. The Kier molecular flexibility index (Phi) is 3.85. The van der Waals surface area contributed by atoms with Crippen molar-refractivity contribution in [2.45, 2.75) is 5.25 Å². The van der Waals surface area contributed by atoms with Crippen molar-refractivity contribution >= 4 is 45.2 Å². The van der Waals surface area contributed by atoms with E-state index in [1.807, 2.05) is 0 Å². The molecule has 0 bridgehead atoms. The summed E-state index contributed by atoms with van der Waals surface area (Å²) in [6.07, 6.45) is 0. The Bertz CT molecular complexity index is 366. The van der Waals surface area contributed by atoms with Gasteiger partial charge in [0, 0.05) is 15.4 Å². The molecule has 2 rings (SSSR count). The van der Waals surface area contributed by atoms with Crippen LogP contribution in [0.15, 0.2) is 29.3 Å². The second kappa shape index (κ2) is 5.16. The molecule has 0 unspecified atom stereocenters. The van der Waals surface area contributed by atoms with E-state index in [9.17, 15) is 4.39 Å². The highest BCUT2D eigenvalue weighted by molar-refractivity contribution is 14.1. The Morgan fingerprint density at radius 3 is 2.80 bits per heavy atom. The predicted octanol–water partition coefficient (Wildman–Crippen LogP) is 3.14. The lowest BCUT2D eigenvalue weighted by Crippen LogP contribution is -2.08. The molecule has 1 aromatic carbocycles. The summed E-state index contributed by atoms with van der Waals surface area (Å²) in [5.41, 5.74) is 0.886. The number of hydrogen-bond acceptors (Lipinski definition) is 3. The van der Waals surface area contributed by atoms with Crippen molar-refractivity contribution in [3.8, 4) is 0 Å². The Hall–Kier alpha value is -0.300. The van der Waals surface area contributed by atoms with Crippen molar-refractivity contribution in [2.24, 2.45) is 4.99 Å². The van der Waals surface area contributed by atoms with Gasteiger partial charge in [-0.15, -0.1) is 0 Å². The molecule has 80 valence electrons. The molecule has 0 aromatic heterocycles. The van der Waals surface area contributed by atoms with Gasteiger partial charge in [-0.3, -0.25) is 4.99 Å². The van der Waals surface area contributed by atoms with Crippen LogP contribution in [-0.2, 0) is 0 Å². The quantitative estimate of drug-likeness (QED) is 0.663. The summed E-state index contributed by atoms with van der Waals surface area (Å²) in [7, 11) is 0. The lowest BCUT2D eigenvalue weighted by molar-refractivity contribution is 0.628. The predicted molar refractivity (Wildman–Crippen MR) is 72.6 cm³/mol. The maximum atomic E-state index is 12.7. The Balaban J connectivity index is 1.95. The van der Waals surface area contributed by atoms with Gasteiger partial charge in [0.15, 0.2) is 5.17 Å². The van der Waals surface area contributed by atoms with E-state index in [0.717, 1.165) is 21.8 Å². The standard InChI is InChI=1S/C10H10FIN2S/c11-7-1-3-8(4-2-7)14-10-13-6-9(5-12)15-10/h1-4,9H,5-6H2,(H,13,14)/t9-/m1/s1. The summed E-state index contributed by atoms with van der Waals surface area (Å²) in [4.78, 5) is 4.38. The second-order valence-electron chi connectivity index (χ2n) is 3.17. The summed E-state index contributed by atoms with van der Waals surface area (Å²) < 4.78 is 13.8. The molecule has 0 aliphatic carbocycles. The third-order valence-electron chi connectivity index (χ3n) is 1.98. The topological polar surface area (TPSA) is 24.4 Å². The number of halogens is 2. The molecule has 0 radical (unpaired) electrons. The Morgan fingerprint density at radius 1 is 1.47 bits per heavy atom. The maximum absolute atomic E-state index is 12.7. The average molecular weight is 336 g/mol. The normalized spacial score (nSPS) is 20.1. The molecule has 1 heterocycles. The number of benzene rings is 1. The number of hydrogen-bond donors (Lipinski definition) is 1. The third kappa shape index (κ3) is 3.07. The highest BCUT2D eigenvalue weighted by Crippen LogP contribution is 2.24. The highest BCUT2D eigenvalue weighted by atomic mass is 127. The molecule has 1 atom stereocenters. The van der Waals surface area contributed by atoms with Crippen molar-refractivity contribution < 1.29 is 4.39 Å². The molecular formula is C10H10FIN2S. The number of alkyl halides is 1. The fourth-order valence-corrected chi connectivity index (χ4v) is 2.89. The van der Waals surface area contributed by atoms with Gasteiger partial charge < -0.3 is 5.32 Å². The van der Waals surface area contributed by atoms with Gasteiger partial charge in [0.1, 0.15) is 5.82 Å². The van der Waals surface area contributed by atoms with E-state index in [1.54, 1.807) is 23.9 Å². The lowest BCUT2D eigenvalue weighted by Gasteiger charge is -2.06. The van der Waals surface area contributed by atoms with E-state index in [4.69, 9.17) is 0 Å². The SMILES string of the molecule is Fc1ccc(NC2=NC[C@@H](CI)S2)cc1. The van der Waals surface area contributed by atoms with Crippen molar-refractivity contribution in [2.75, 3.05) is 16.3 Å². The zero-order valence-corrected chi connectivity index (χ0v) is 10.9. The van der Waals surface area contributed by atoms with Crippen LogP contribution >= 0.6 is 34.4 Å². The van der Waals surface area contributed by atoms with Gasteiger partial charge in [-0.25, -0.2) is 4.39 Å². The number of aliphatic imine (C=N–C) groups is 1. The summed E-state index contributed by atoms with van der Waals surface area (Å²) in [6.45, 7) is 0.872. The molecule has 1 aliphatic rings. The maximum Gasteiger partial charge on any atom is 0.161 e. The van der Waals surface area contributed by atoms with Crippen LogP contribution in [0.1, 0.15) is 0 Å². The first-order valence-electron chi connectivity index (χ1n) is 4.57. The van der Waals surface area contributed by atoms with Crippen molar-refractivity contribution in [1.29, 1.82) is 0 Å². The molecule has 15 heavy (non-hydrogen) atoms.